The van der Waals surface area contributed by atoms with Crippen molar-refractivity contribution in [3.63, 3.8) is 0 Å². The lowest BCUT2D eigenvalue weighted by Crippen LogP contribution is -2.39. The standard InChI is InChI=1S/C20H29N3O2/c1-3-4-11-21-20(22-12-10-18-9-6-13-25-18)23-15-19(24)17-8-5-7-16(2)14-17/h5-9,13-14,19,24H,3-4,10-12,15H2,1-2H3,(H2,21,22,23). The number of rotatable bonds is 9. The van der Waals surface area contributed by atoms with E-state index in [1.807, 2.05) is 43.3 Å². The van der Waals surface area contributed by atoms with Crippen LogP contribution in [0, 0.1) is 6.92 Å². The summed E-state index contributed by atoms with van der Waals surface area (Å²) in [5.74, 6) is 1.67. The molecule has 0 aliphatic heterocycles. The van der Waals surface area contributed by atoms with Crippen LogP contribution in [-0.4, -0.2) is 30.7 Å². The predicted octanol–water partition coefficient (Wildman–Crippen LogP) is 3.20. The molecule has 1 heterocycles. The molecule has 25 heavy (non-hydrogen) atoms. The Morgan fingerprint density at radius 1 is 1.20 bits per heavy atom. The molecule has 0 saturated carbocycles. The summed E-state index contributed by atoms with van der Waals surface area (Å²) in [6.07, 6.45) is 4.08. The molecule has 3 N–H and O–H groups in total. The van der Waals surface area contributed by atoms with Gasteiger partial charge in [0.05, 0.1) is 18.9 Å². The molecule has 5 nitrogen and oxygen atoms in total. The van der Waals surface area contributed by atoms with Crippen molar-refractivity contribution in [2.75, 3.05) is 19.6 Å². The highest BCUT2D eigenvalue weighted by Gasteiger charge is 2.08. The maximum absolute atomic E-state index is 10.4. The van der Waals surface area contributed by atoms with E-state index in [1.54, 1.807) is 6.26 Å². The van der Waals surface area contributed by atoms with Crippen molar-refractivity contribution in [1.82, 2.24) is 10.6 Å². The lowest BCUT2D eigenvalue weighted by Gasteiger charge is -2.14. The molecule has 2 aromatic rings. The van der Waals surface area contributed by atoms with Crippen LogP contribution in [0.4, 0.5) is 0 Å². The molecule has 1 atom stereocenters. The third kappa shape index (κ3) is 7.01. The maximum atomic E-state index is 10.4. The zero-order valence-electron chi connectivity index (χ0n) is 15.2. The fraction of sp³-hybridized carbons (Fsp3) is 0.450. The number of nitrogens with one attached hydrogen (secondary N) is 2. The zero-order chi connectivity index (χ0) is 17.9. The normalized spacial score (nSPS) is 12.8. The number of hydrogen-bond acceptors (Lipinski definition) is 3. The first kappa shape index (κ1) is 19.1. The summed E-state index contributed by atoms with van der Waals surface area (Å²) in [7, 11) is 0. The third-order valence-electron chi connectivity index (χ3n) is 3.92. The van der Waals surface area contributed by atoms with Gasteiger partial charge in [0.2, 0.25) is 0 Å². The number of benzene rings is 1. The molecule has 1 aromatic carbocycles. The van der Waals surface area contributed by atoms with E-state index < -0.39 is 6.10 Å². The molecule has 0 amide bonds. The summed E-state index contributed by atoms with van der Waals surface area (Å²) < 4.78 is 5.34. The van der Waals surface area contributed by atoms with Gasteiger partial charge in [0, 0.05) is 19.5 Å². The summed E-state index contributed by atoms with van der Waals surface area (Å²) in [5.41, 5.74) is 2.03. The van der Waals surface area contributed by atoms with Crippen LogP contribution >= 0.6 is 0 Å². The molecule has 1 unspecified atom stereocenters. The molecule has 5 heteroatoms. The average molecular weight is 343 g/mol. The highest BCUT2D eigenvalue weighted by atomic mass is 16.3. The van der Waals surface area contributed by atoms with Gasteiger partial charge in [-0.3, -0.25) is 4.99 Å². The number of aliphatic hydroxyl groups is 1. The van der Waals surface area contributed by atoms with E-state index in [2.05, 4.69) is 22.5 Å². The average Bonchev–Trinajstić information content (AvgIpc) is 3.12. The van der Waals surface area contributed by atoms with E-state index in [0.717, 1.165) is 55.2 Å². The number of guanidine groups is 1. The van der Waals surface area contributed by atoms with Gasteiger partial charge in [-0.2, -0.15) is 0 Å². The Kier molecular flexibility index (Phi) is 8.05. The monoisotopic (exact) mass is 343 g/mol. The quantitative estimate of drug-likeness (QED) is 0.371. The van der Waals surface area contributed by atoms with E-state index in [1.165, 1.54) is 0 Å². The zero-order valence-corrected chi connectivity index (χ0v) is 15.2. The SMILES string of the molecule is CCCCNC(=NCC(O)c1cccc(C)c1)NCCc1ccco1. The van der Waals surface area contributed by atoms with Gasteiger partial charge in [-0.15, -0.1) is 0 Å². The number of aliphatic imine (C=N–C) groups is 1. The van der Waals surface area contributed by atoms with Crippen LogP contribution in [0.1, 0.15) is 42.8 Å². The molecule has 0 aliphatic rings. The predicted molar refractivity (Wildman–Crippen MR) is 102 cm³/mol. The summed E-state index contributed by atoms with van der Waals surface area (Å²) in [4.78, 5) is 4.53. The van der Waals surface area contributed by atoms with Crippen LogP contribution in [0.15, 0.2) is 52.1 Å². The smallest absolute Gasteiger partial charge is 0.191 e. The van der Waals surface area contributed by atoms with Gasteiger partial charge in [-0.1, -0.05) is 43.2 Å². The molecule has 0 fully saturated rings. The van der Waals surface area contributed by atoms with Crippen LogP contribution in [-0.2, 0) is 6.42 Å². The van der Waals surface area contributed by atoms with Gasteiger partial charge in [0.25, 0.3) is 0 Å². The van der Waals surface area contributed by atoms with Gasteiger partial charge in [0.1, 0.15) is 5.76 Å². The fourth-order valence-electron chi connectivity index (χ4n) is 2.48. The maximum Gasteiger partial charge on any atom is 0.191 e. The highest BCUT2D eigenvalue weighted by Crippen LogP contribution is 2.14. The van der Waals surface area contributed by atoms with Gasteiger partial charge in [-0.05, 0) is 31.0 Å². The van der Waals surface area contributed by atoms with Crippen molar-refractivity contribution >= 4 is 5.96 Å². The Labute approximate surface area is 150 Å². The van der Waals surface area contributed by atoms with Crippen molar-refractivity contribution in [2.24, 2.45) is 4.99 Å². The second-order valence-electron chi connectivity index (χ2n) is 6.16. The molecule has 136 valence electrons. The Morgan fingerprint density at radius 2 is 2.04 bits per heavy atom. The molecule has 0 radical (unpaired) electrons. The highest BCUT2D eigenvalue weighted by molar-refractivity contribution is 5.79. The number of aliphatic hydroxyl groups excluding tert-OH is 1. The van der Waals surface area contributed by atoms with Crippen LogP contribution in [0.25, 0.3) is 0 Å². The Morgan fingerprint density at radius 3 is 2.76 bits per heavy atom. The lowest BCUT2D eigenvalue weighted by molar-refractivity contribution is 0.187. The van der Waals surface area contributed by atoms with Crippen molar-refractivity contribution < 1.29 is 9.52 Å². The van der Waals surface area contributed by atoms with Crippen LogP contribution in [0.3, 0.4) is 0 Å². The minimum atomic E-state index is -0.602. The van der Waals surface area contributed by atoms with E-state index in [4.69, 9.17) is 4.42 Å². The first-order valence-electron chi connectivity index (χ1n) is 8.98. The summed E-state index contributed by atoms with van der Waals surface area (Å²) in [6.45, 7) is 6.10. The largest absolute Gasteiger partial charge is 0.469 e. The Hall–Kier alpha value is -2.27. The number of hydrogen-bond donors (Lipinski definition) is 3. The van der Waals surface area contributed by atoms with Gasteiger partial charge in [0.15, 0.2) is 5.96 Å². The topological polar surface area (TPSA) is 69.8 Å². The lowest BCUT2D eigenvalue weighted by atomic mass is 10.1. The second-order valence-corrected chi connectivity index (χ2v) is 6.16. The Bertz CT molecular complexity index is 638. The molecule has 1 aromatic heterocycles. The fourth-order valence-corrected chi connectivity index (χ4v) is 2.48. The number of furan rings is 1. The first-order valence-corrected chi connectivity index (χ1v) is 8.98. The van der Waals surface area contributed by atoms with Crippen LogP contribution < -0.4 is 10.6 Å². The van der Waals surface area contributed by atoms with Gasteiger partial charge < -0.3 is 20.2 Å². The second kappa shape index (κ2) is 10.6. The van der Waals surface area contributed by atoms with Crippen molar-refractivity contribution in [2.45, 2.75) is 39.2 Å². The number of nitrogens with zero attached hydrogens (tertiary/aromatic N) is 1. The number of unbranched alkanes of at least 4 members (excludes halogenated alkanes) is 1. The third-order valence-corrected chi connectivity index (χ3v) is 3.92. The van der Waals surface area contributed by atoms with E-state index in [-0.39, 0.29) is 0 Å². The van der Waals surface area contributed by atoms with Crippen LogP contribution in [0.2, 0.25) is 0 Å². The van der Waals surface area contributed by atoms with Crippen molar-refractivity contribution in [3.05, 3.63) is 59.5 Å². The minimum Gasteiger partial charge on any atom is -0.469 e. The van der Waals surface area contributed by atoms with E-state index in [0.29, 0.717) is 6.54 Å². The molecular weight excluding hydrogens is 314 g/mol. The van der Waals surface area contributed by atoms with Crippen molar-refractivity contribution in [1.29, 1.82) is 0 Å². The first-order chi connectivity index (χ1) is 12.2. The van der Waals surface area contributed by atoms with E-state index >= 15 is 0 Å². The minimum absolute atomic E-state index is 0.325. The molecule has 0 spiro atoms. The summed E-state index contributed by atoms with van der Waals surface area (Å²) in [6, 6.07) is 11.8. The van der Waals surface area contributed by atoms with E-state index in [9.17, 15) is 5.11 Å². The molecule has 0 aliphatic carbocycles. The van der Waals surface area contributed by atoms with Gasteiger partial charge in [-0.25, -0.2) is 0 Å². The molecular formula is C20H29N3O2. The van der Waals surface area contributed by atoms with Crippen molar-refractivity contribution in [3.8, 4) is 0 Å². The molecule has 0 bridgehead atoms. The summed E-state index contributed by atoms with van der Waals surface area (Å²) in [5, 5.41) is 17.0. The molecule has 2 rings (SSSR count). The molecule has 0 saturated heterocycles. The summed E-state index contributed by atoms with van der Waals surface area (Å²) >= 11 is 0. The van der Waals surface area contributed by atoms with Gasteiger partial charge >= 0.3 is 0 Å². The van der Waals surface area contributed by atoms with Crippen LogP contribution in [0.5, 0.6) is 0 Å². The number of aryl methyl sites for hydroxylation is 1. The Balaban J connectivity index is 1.89.